The first kappa shape index (κ1) is 23.5. The Morgan fingerprint density at radius 3 is 1.76 bits per heavy atom. The van der Waals surface area contributed by atoms with Gasteiger partial charge in [0.2, 0.25) is 0 Å². The minimum absolute atomic E-state index is 0.419. The van der Waals surface area contributed by atoms with Crippen molar-refractivity contribution in [1.82, 2.24) is 0 Å². The number of hydrogen-bond acceptors (Lipinski definition) is 7. The number of benzene rings is 1. The Morgan fingerprint density at radius 1 is 0.828 bits per heavy atom. The third-order valence-electron chi connectivity index (χ3n) is 6.02. The quantitative estimate of drug-likeness (QED) is 0.456. The average molecular weight is 489 g/mol. The second kappa shape index (κ2) is 7.45. The van der Waals surface area contributed by atoms with Crippen LogP contribution in [0.3, 0.4) is 0 Å². The predicted molar refractivity (Wildman–Crippen MR) is 116 cm³/mol. The van der Waals surface area contributed by atoms with Crippen molar-refractivity contribution in [3.63, 3.8) is 0 Å². The number of hydrogen-bond donors (Lipinski definition) is 0. The summed E-state index contributed by atoms with van der Waals surface area (Å²) in [5, 5.41) is 0.419. The molecule has 7 nitrogen and oxygen atoms in total. The van der Waals surface area contributed by atoms with Gasteiger partial charge in [0.1, 0.15) is 5.60 Å². The molecule has 1 aromatic rings. The van der Waals surface area contributed by atoms with Crippen LogP contribution in [0.25, 0.3) is 0 Å². The van der Waals surface area contributed by atoms with E-state index in [1.165, 1.54) is 7.11 Å². The van der Waals surface area contributed by atoms with E-state index < -0.39 is 44.2 Å². The molecule has 0 aliphatic carbocycles. The van der Waals surface area contributed by atoms with Crippen molar-refractivity contribution in [3.8, 4) is 0 Å². The van der Waals surface area contributed by atoms with Crippen LogP contribution >= 0.6 is 23.5 Å². The topological polar surface area (TPSA) is 72.5 Å². The molecule has 29 heavy (non-hydrogen) atoms. The minimum atomic E-state index is -3.68. The normalized spacial score (nSPS) is 29.8. The van der Waals surface area contributed by atoms with Gasteiger partial charge in [-0.2, -0.15) is 0 Å². The summed E-state index contributed by atoms with van der Waals surface area (Å²) in [6.45, 7) is 13.1. The van der Waals surface area contributed by atoms with Gasteiger partial charge in [0.05, 0.1) is 16.5 Å². The highest BCUT2D eigenvalue weighted by molar-refractivity contribution is 9.10. The molecule has 2 aliphatic heterocycles. The van der Waals surface area contributed by atoms with Gasteiger partial charge in [0.25, 0.3) is 0 Å². The summed E-state index contributed by atoms with van der Waals surface area (Å²) in [7, 11) is -3.94. The lowest BCUT2D eigenvalue weighted by molar-refractivity contribution is -0.159. The number of rotatable bonds is 5. The summed E-state index contributed by atoms with van der Waals surface area (Å²) in [6.07, 6.45) is 0. The molecule has 0 aromatic heterocycles. The van der Waals surface area contributed by atoms with Gasteiger partial charge in [0, 0.05) is 11.6 Å². The fraction of sp³-hybridized carbons (Fsp3) is 0.667. The van der Waals surface area contributed by atoms with Crippen LogP contribution in [0, 0.1) is 0 Å². The standard InChI is InChI=1S/C18H28B2BrO7P/c1-15(2)16(3,4)25-19(24-15)20-26-17(5,6)18(7,27-20)28-29(22,23-8)14-11-9-13(21)10-12-14/h9-12H,1-8H3. The SMILES string of the molecule is COP(=O)(OC1(C)OB(B2OC(C)(C)C(C)(C)O2)OC1(C)C)c1ccc(Br)cc1. The van der Waals surface area contributed by atoms with Crippen LogP contribution in [0.15, 0.2) is 28.7 Å². The van der Waals surface area contributed by atoms with Crippen LogP contribution in [0.4, 0.5) is 0 Å². The smallest absolute Gasteiger partial charge is 0.405 e. The molecule has 0 N–H and O–H groups in total. The predicted octanol–water partition coefficient (Wildman–Crippen LogP) is 4.13. The summed E-state index contributed by atoms with van der Waals surface area (Å²) in [5.41, 5.74) is -2.02. The Hall–Kier alpha value is -0.180. The molecule has 0 saturated carbocycles. The van der Waals surface area contributed by atoms with Crippen molar-refractivity contribution < 1.29 is 32.2 Å². The number of halogens is 1. The molecule has 2 unspecified atom stereocenters. The molecule has 0 spiro atoms. The molecule has 160 valence electrons. The van der Waals surface area contributed by atoms with Gasteiger partial charge >= 0.3 is 21.6 Å². The summed E-state index contributed by atoms with van der Waals surface area (Å²) >= 11 is 3.37. The Labute approximate surface area is 182 Å². The monoisotopic (exact) mass is 488 g/mol. The summed E-state index contributed by atoms with van der Waals surface area (Å²) < 4.78 is 50.1. The Balaban J connectivity index is 1.85. The van der Waals surface area contributed by atoms with E-state index >= 15 is 0 Å². The zero-order valence-corrected chi connectivity index (χ0v) is 20.6. The largest absolute Gasteiger partial charge is 0.490 e. The average Bonchev–Trinajstić information content (AvgIpc) is 2.96. The Kier molecular flexibility index (Phi) is 6.03. The van der Waals surface area contributed by atoms with E-state index in [0.717, 1.165) is 4.47 Å². The molecule has 0 bridgehead atoms. The van der Waals surface area contributed by atoms with Crippen LogP contribution in [-0.4, -0.2) is 43.7 Å². The van der Waals surface area contributed by atoms with E-state index in [0.29, 0.717) is 5.30 Å². The maximum Gasteiger partial charge on any atom is 0.490 e. The van der Waals surface area contributed by atoms with Crippen molar-refractivity contribution >= 4 is 42.8 Å². The second-order valence-corrected chi connectivity index (χ2v) is 11.9. The highest BCUT2D eigenvalue weighted by Crippen LogP contribution is 2.55. The third-order valence-corrected chi connectivity index (χ3v) is 8.55. The molecule has 2 aliphatic rings. The summed E-state index contributed by atoms with van der Waals surface area (Å²) in [6, 6.07) is 6.92. The lowest BCUT2D eigenvalue weighted by Crippen LogP contribution is -2.47. The molecule has 2 atom stereocenters. The third kappa shape index (κ3) is 4.15. The molecular weight excluding hydrogens is 461 g/mol. The van der Waals surface area contributed by atoms with Gasteiger partial charge in [0.15, 0.2) is 5.79 Å². The van der Waals surface area contributed by atoms with Crippen LogP contribution < -0.4 is 5.30 Å². The van der Waals surface area contributed by atoms with Crippen LogP contribution in [-0.2, 0) is 32.2 Å². The van der Waals surface area contributed by atoms with E-state index in [1.807, 2.05) is 27.7 Å². The molecular formula is C18H28B2BrO7P. The fourth-order valence-electron chi connectivity index (χ4n) is 3.08. The summed E-state index contributed by atoms with van der Waals surface area (Å²) in [4.78, 5) is 0. The van der Waals surface area contributed by atoms with E-state index in [-0.39, 0.29) is 0 Å². The van der Waals surface area contributed by atoms with Crippen molar-refractivity contribution in [2.24, 2.45) is 0 Å². The van der Waals surface area contributed by atoms with Crippen LogP contribution in [0.1, 0.15) is 48.5 Å². The van der Waals surface area contributed by atoms with Gasteiger partial charge in [-0.15, -0.1) is 0 Å². The van der Waals surface area contributed by atoms with Gasteiger partial charge in [-0.25, -0.2) is 0 Å². The first-order valence-electron chi connectivity index (χ1n) is 9.49. The lowest BCUT2D eigenvalue weighted by atomic mass is 9.49. The molecule has 11 heteroatoms. The highest BCUT2D eigenvalue weighted by Gasteiger charge is 2.66. The lowest BCUT2D eigenvalue weighted by Gasteiger charge is -2.37. The maximum atomic E-state index is 13.5. The van der Waals surface area contributed by atoms with E-state index in [2.05, 4.69) is 15.9 Å². The van der Waals surface area contributed by atoms with Gasteiger partial charge in [-0.1, -0.05) is 15.9 Å². The Bertz CT molecular complexity index is 801. The van der Waals surface area contributed by atoms with E-state index in [1.54, 1.807) is 45.0 Å². The molecule has 0 radical (unpaired) electrons. The first-order valence-corrected chi connectivity index (χ1v) is 11.8. The van der Waals surface area contributed by atoms with Gasteiger partial charge in [-0.3, -0.25) is 9.09 Å². The van der Waals surface area contributed by atoms with Gasteiger partial charge < -0.3 is 23.1 Å². The highest BCUT2D eigenvalue weighted by atomic mass is 79.9. The minimum Gasteiger partial charge on any atom is -0.405 e. The van der Waals surface area contributed by atoms with Crippen molar-refractivity contribution in [3.05, 3.63) is 28.7 Å². The second-order valence-electron chi connectivity index (χ2n) is 8.93. The fourth-order valence-corrected chi connectivity index (χ4v) is 4.97. The van der Waals surface area contributed by atoms with Crippen molar-refractivity contribution in [2.75, 3.05) is 7.11 Å². The molecule has 1 aromatic carbocycles. The maximum absolute atomic E-state index is 13.5. The molecule has 0 amide bonds. The van der Waals surface area contributed by atoms with E-state index in [9.17, 15) is 4.57 Å². The molecule has 2 heterocycles. The summed E-state index contributed by atoms with van der Waals surface area (Å²) in [5.74, 6) is -1.38. The zero-order chi connectivity index (χ0) is 21.9. The zero-order valence-electron chi connectivity index (χ0n) is 18.1. The van der Waals surface area contributed by atoms with Gasteiger partial charge in [-0.05, 0) is 72.7 Å². The molecule has 2 fully saturated rings. The Morgan fingerprint density at radius 2 is 1.28 bits per heavy atom. The van der Waals surface area contributed by atoms with Crippen molar-refractivity contribution in [1.29, 1.82) is 0 Å². The van der Waals surface area contributed by atoms with Crippen LogP contribution in [0.2, 0.25) is 0 Å². The first-order chi connectivity index (χ1) is 13.1. The van der Waals surface area contributed by atoms with Crippen LogP contribution in [0.5, 0.6) is 0 Å². The molecule has 2 saturated heterocycles. The van der Waals surface area contributed by atoms with Crippen molar-refractivity contribution in [2.45, 2.75) is 71.1 Å². The van der Waals surface area contributed by atoms with E-state index in [4.69, 9.17) is 27.7 Å². The molecule has 3 rings (SSSR count).